The molecule has 0 aromatic heterocycles. The van der Waals surface area contributed by atoms with Crippen LogP contribution in [0.5, 0.6) is 0 Å². The number of carboxylic acid groups (broad SMARTS) is 3. The van der Waals surface area contributed by atoms with Gasteiger partial charge < -0.3 is 113 Å². The molecule has 13 amide bonds. The Bertz CT molecular complexity index is 2660. The molecule has 0 aliphatic carbocycles. The van der Waals surface area contributed by atoms with E-state index < -0.39 is 225 Å². The van der Waals surface area contributed by atoms with Crippen LogP contribution in [0.1, 0.15) is 137 Å². The monoisotopic (exact) mass is 1310 g/mol. The highest BCUT2D eigenvalue weighted by Crippen LogP contribution is 2.22. The van der Waals surface area contributed by atoms with Gasteiger partial charge >= 0.3 is 17.9 Å². The van der Waals surface area contributed by atoms with Gasteiger partial charge in [-0.2, -0.15) is 0 Å². The molecule has 1 aliphatic rings. The summed E-state index contributed by atoms with van der Waals surface area (Å²) < 4.78 is 0. The van der Waals surface area contributed by atoms with Crippen LogP contribution in [0.3, 0.4) is 0 Å². The number of nitrogens with one attached hydrogen (secondary N) is 9. The first-order chi connectivity index (χ1) is 43.0. The van der Waals surface area contributed by atoms with Crippen LogP contribution in [0, 0.1) is 5.92 Å². The zero-order valence-corrected chi connectivity index (χ0v) is 51.9. The lowest BCUT2D eigenvalue weighted by molar-refractivity contribution is -0.143. The maximum atomic E-state index is 14.5. The van der Waals surface area contributed by atoms with Gasteiger partial charge in [-0.25, -0.2) is 4.79 Å². The summed E-state index contributed by atoms with van der Waals surface area (Å²) in [7, 11) is 0. The zero-order chi connectivity index (χ0) is 70.1. The third-order valence-electron chi connectivity index (χ3n) is 14.1. The highest BCUT2D eigenvalue weighted by molar-refractivity contribution is 6.00. The maximum absolute atomic E-state index is 14.5. The molecule has 518 valence electrons. The molecule has 0 bridgehead atoms. The molecule has 12 atom stereocenters. The molecule has 27 N–H and O–H groups in total. The van der Waals surface area contributed by atoms with Crippen molar-refractivity contribution < 1.29 is 97.1 Å². The molecule has 1 fully saturated rings. The summed E-state index contributed by atoms with van der Waals surface area (Å²) in [5.41, 5.74) is 38.1. The summed E-state index contributed by atoms with van der Waals surface area (Å²) in [5, 5.41) is 59.8. The van der Waals surface area contributed by atoms with E-state index in [1.807, 2.05) is 0 Å². The topological polar surface area (TPSA) is 660 Å². The Morgan fingerprint density at radius 3 is 1.39 bits per heavy atom. The molecule has 1 rings (SSSR count). The first kappa shape index (κ1) is 80.7. The molecule has 0 radical (unpaired) electrons. The first-order valence-corrected chi connectivity index (χ1v) is 29.7. The zero-order valence-electron chi connectivity index (χ0n) is 51.9. The van der Waals surface area contributed by atoms with Gasteiger partial charge in [0.05, 0.1) is 18.6 Å². The van der Waals surface area contributed by atoms with Crippen LogP contribution in [-0.4, -0.2) is 218 Å². The van der Waals surface area contributed by atoms with E-state index in [4.69, 9.17) is 45.2 Å². The van der Waals surface area contributed by atoms with E-state index in [-0.39, 0.29) is 70.0 Å². The number of carbonyl (C=O) groups is 16. The predicted molar refractivity (Wildman–Crippen MR) is 322 cm³/mol. The fourth-order valence-electron chi connectivity index (χ4n) is 9.16. The van der Waals surface area contributed by atoms with Crippen LogP contribution in [0.4, 0.5) is 0 Å². The van der Waals surface area contributed by atoms with E-state index in [0.29, 0.717) is 12.8 Å². The van der Waals surface area contributed by atoms with Crippen LogP contribution in [-0.2, 0) is 76.7 Å². The highest BCUT2D eigenvalue weighted by Gasteiger charge is 2.41. The fraction of sp³-hybridized carbons (Fsp3) is 0.685. The average molecular weight is 1310 g/mol. The number of amides is 13. The summed E-state index contributed by atoms with van der Waals surface area (Å²) in [6.45, 7) is 5.76. The summed E-state index contributed by atoms with van der Waals surface area (Å²) >= 11 is 0. The highest BCUT2D eigenvalue weighted by atomic mass is 16.4. The summed E-state index contributed by atoms with van der Waals surface area (Å²) in [6.07, 6.45) is -6.16. The number of aliphatic carboxylic acids is 3. The van der Waals surface area contributed by atoms with Crippen molar-refractivity contribution in [3.63, 3.8) is 0 Å². The molecule has 0 aromatic carbocycles. The van der Waals surface area contributed by atoms with Gasteiger partial charge in [-0.05, 0) is 103 Å². The molecule has 92 heavy (non-hydrogen) atoms. The maximum Gasteiger partial charge on any atom is 0.326 e. The quantitative estimate of drug-likeness (QED) is 0.0153. The number of unbranched alkanes of at least 4 members (excludes halogenated alkanes) is 1. The standard InChI is InChI=1S/C54H92N18O20/c1-25(2)23-35(70-43(81)26(3)63-45(83)30(12-16-37(57)74)68-51(89)42(27(4)73)71-49(87)33(15-19-40(77)78)64-44(82)28(56)24-41(79)80)52(90)72-22-8-11-36(72)50(88)67-32(14-18-39(59)76)47(85)65-29(10-7-21-62-54(60)61)46(84)66-31(13-17-38(58)75)48(86)69-34(53(91)92)9-5-6-20-55/h25-36,42,73H,5-24,55-56H2,1-4H3,(H2,57,74)(H2,58,75)(H2,59,76)(H,63,83)(H,64,82)(H,65,85)(H,66,84)(H,67,88)(H,68,89)(H,69,86)(H,70,81)(H,71,87)(H,77,78)(H,79,80)(H,91,92)(H4,60,61,62)/t26-,27+,28-,29-,30-,31-,32-,33-,34-,35-,36-,42-/m0/s1. The third kappa shape index (κ3) is 30.9. The number of guanidine groups is 1. The lowest BCUT2D eigenvalue weighted by Crippen LogP contribution is -2.61. The molecule has 0 unspecified atom stereocenters. The Balaban J connectivity index is 3.51. The Morgan fingerprint density at radius 2 is 0.935 bits per heavy atom. The molecule has 38 heteroatoms. The van der Waals surface area contributed by atoms with E-state index in [0.717, 1.165) is 11.8 Å². The minimum Gasteiger partial charge on any atom is -0.481 e. The SMILES string of the molecule is CC(C)C[C@H](NC(=O)[C@H](C)NC(=O)[C@H](CCC(N)=O)NC(=O)[C@@H](NC(=O)[C@H](CCC(=O)O)NC(=O)[C@@H](N)CC(=O)O)[C@@H](C)O)C(=O)N1CCC[C@H]1C(=O)N[C@@H](CCC(N)=O)C(=O)N[C@@H](CCCN=C(N)N)C(=O)N[C@@H](CCC(N)=O)C(=O)N[C@@H](CCCCN)C(=O)O. The Morgan fingerprint density at radius 1 is 0.500 bits per heavy atom. The minimum absolute atomic E-state index is 0.0139. The van der Waals surface area contributed by atoms with E-state index >= 15 is 0 Å². The number of carboxylic acids is 3. The van der Waals surface area contributed by atoms with Gasteiger partial charge in [0.2, 0.25) is 76.8 Å². The predicted octanol–water partition coefficient (Wildman–Crippen LogP) is -8.48. The molecule has 0 spiro atoms. The Labute approximate surface area is 529 Å². The van der Waals surface area contributed by atoms with E-state index in [9.17, 15) is 92.0 Å². The second-order valence-electron chi connectivity index (χ2n) is 22.4. The molecule has 1 heterocycles. The van der Waals surface area contributed by atoms with Crippen LogP contribution >= 0.6 is 0 Å². The van der Waals surface area contributed by atoms with Gasteiger partial charge in [-0.1, -0.05) is 13.8 Å². The Kier molecular flexibility index (Phi) is 36.1. The number of rotatable bonds is 45. The van der Waals surface area contributed by atoms with E-state index in [1.54, 1.807) is 13.8 Å². The number of hydrogen-bond acceptors (Lipinski definition) is 20. The number of hydrogen-bond donors (Lipinski definition) is 20. The smallest absolute Gasteiger partial charge is 0.326 e. The van der Waals surface area contributed by atoms with Crippen LogP contribution < -0.4 is 88.0 Å². The molecule has 1 aliphatic heterocycles. The van der Waals surface area contributed by atoms with Gasteiger partial charge in [0.25, 0.3) is 0 Å². The van der Waals surface area contributed by atoms with Gasteiger partial charge in [-0.3, -0.25) is 76.9 Å². The van der Waals surface area contributed by atoms with Gasteiger partial charge in [0, 0.05) is 38.8 Å². The van der Waals surface area contributed by atoms with Gasteiger partial charge in [0.1, 0.15) is 60.4 Å². The second-order valence-corrected chi connectivity index (χ2v) is 22.4. The number of carbonyl (C=O) groups excluding carboxylic acids is 13. The van der Waals surface area contributed by atoms with E-state index in [2.05, 4.69) is 52.8 Å². The summed E-state index contributed by atoms with van der Waals surface area (Å²) in [5.74, 6) is -18.2. The number of nitrogens with two attached hydrogens (primary N) is 7. The van der Waals surface area contributed by atoms with Crippen LogP contribution in [0.25, 0.3) is 0 Å². The van der Waals surface area contributed by atoms with E-state index in [1.165, 1.54) is 6.92 Å². The number of aliphatic imine (C=N–C) groups is 1. The van der Waals surface area contributed by atoms with Crippen molar-refractivity contribution in [1.29, 1.82) is 0 Å². The normalized spacial score (nSPS) is 16.3. The van der Waals surface area contributed by atoms with Crippen molar-refractivity contribution in [2.45, 2.75) is 209 Å². The molecular formula is C54H92N18O20. The fourth-order valence-corrected chi connectivity index (χ4v) is 9.16. The molecule has 38 nitrogen and oxygen atoms in total. The summed E-state index contributed by atoms with van der Waals surface area (Å²) in [4.78, 5) is 213. The first-order valence-electron chi connectivity index (χ1n) is 29.7. The largest absolute Gasteiger partial charge is 0.481 e. The third-order valence-corrected chi connectivity index (χ3v) is 14.1. The molecule has 0 saturated carbocycles. The van der Waals surface area contributed by atoms with Crippen molar-refractivity contribution in [2.75, 3.05) is 19.6 Å². The van der Waals surface area contributed by atoms with Crippen molar-refractivity contribution in [2.24, 2.45) is 51.0 Å². The lowest BCUT2D eigenvalue weighted by Gasteiger charge is -2.31. The molecule has 1 saturated heterocycles. The van der Waals surface area contributed by atoms with Gasteiger partial charge in [-0.15, -0.1) is 0 Å². The minimum atomic E-state index is -1.95. The van der Waals surface area contributed by atoms with Crippen molar-refractivity contribution in [3.8, 4) is 0 Å². The van der Waals surface area contributed by atoms with Crippen molar-refractivity contribution in [3.05, 3.63) is 0 Å². The molecule has 0 aromatic rings. The van der Waals surface area contributed by atoms with Gasteiger partial charge in [0.15, 0.2) is 5.96 Å². The molecular weight excluding hydrogens is 1220 g/mol. The average Bonchev–Trinajstić information content (AvgIpc) is 1.63. The van der Waals surface area contributed by atoms with Crippen molar-refractivity contribution in [1.82, 2.24) is 52.8 Å². The number of aliphatic hydroxyl groups excluding tert-OH is 1. The number of nitrogens with zero attached hydrogens (tertiary/aromatic N) is 2. The van der Waals surface area contributed by atoms with Crippen LogP contribution in [0.2, 0.25) is 0 Å². The number of aliphatic hydroxyl groups is 1. The number of primary amides is 3. The van der Waals surface area contributed by atoms with Crippen LogP contribution in [0.15, 0.2) is 4.99 Å². The summed E-state index contributed by atoms with van der Waals surface area (Å²) in [6, 6.07) is -17.5. The second kappa shape index (κ2) is 41.1. The lowest BCUT2D eigenvalue weighted by atomic mass is 10.0. The van der Waals surface area contributed by atoms with Crippen molar-refractivity contribution >= 4 is 101 Å². The number of likely N-dealkylation sites (tertiary alicyclic amines) is 1. The Hall–Kier alpha value is -9.33.